The van der Waals surface area contributed by atoms with Gasteiger partial charge in [-0.15, -0.1) is 0 Å². The Labute approximate surface area is 157 Å². The predicted octanol–water partition coefficient (Wildman–Crippen LogP) is 4.02. The van der Waals surface area contributed by atoms with E-state index in [4.69, 9.17) is 16.3 Å². The van der Waals surface area contributed by atoms with Gasteiger partial charge in [-0.2, -0.15) is 0 Å². The second-order valence-corrected chi connectivity index (χ2v) is 6.51. The van der Waals surface area contributed by atoms with E-state index in [1.54, 1.807) is 13.0 Å². The number of esters is 1. The number of nitrogens with one attached hydrogen (secondary N) is 2. The highest BCUT2D eigenvalue weighted by Gasteiger charge is 2.34. The fraction of sp³-hybridized carbons (Fsp3) is 0.200. The zero-order valence-corrected chi connectivity index (χ0v) is 15.3. The third kappa shape index (κ3) is 3.73. The van der Waals surface area contributed by atoms with Gasteiger partial charge in [0.2, 0.25) is 0 Å². The van der Waals surface area contributed by atoms with Gasteiger partial charge in [-0.25, -0.2) is 9.59 Å². The first-order valence-electron chi connectivity index (χ1n) is 8.21. The van der Waals surface area contributed by atoms with E-state index >= 15 is 0 Å². The molecule has 0 aromatic heterocycles. The van der Waals surface area contributed by atoms with Crippen molar-refractivity contribution in [3.63, 3.8) is 0 Å². The quantitative estimate of drug-likeness (QED) is 0.799. The zero-order valence-electron chi connectivity index (χ0n) is 14.5. The smallest absolute Gasteiger partial charge is 0.338 e. The molecule has 5 nitrogen and oxygen atoms in total. The molecule has 6 heteroatoms. The lowest BCUT2D eigenvalue weighted by Crippen LogP contribution is -2.45. The number of rotatable bonds is 4. The average Bonchev–Trinajstić information content (AvgIpc) is 2.60. The molecule has 0 aliphatic carbocycles. The number of urea groups is 1. The van der Waals surface area contributed by atoms with Crippen LogP contribution >= 0.6 is 11.6 Å². The maximum atomic E-state index is 12.8. The number of hydrogen-bond acceptors (Lipinski definition) is 3. The van der Waals surface area contributed by atoms with E-state index in [-0.39, 0.29) is 12.6 Å². The molecule has 3 rings (SSSR count). The summed E-state index contributed by atoms with van der Waals surface area (Å²) in [4.78, 5) is 24.8. The highest BCUT2D eigenvalue weighted by atomic mass is 35.5. The van der Waals surface area contributed by atoms with Crippen LogP contribution in [0.4, 0.5) is 4.79 Å². The van der Waals surface area contributed by atoms with Gasteiger partial charge in [0.15, 0.2) is 0 Å². The number of ether oxygens (including phenoxy) is 1. The highest BCUT2D eigenvalue weighted by molar-refractivity contribution is 6.31. The lowest BCUT2D eigenvalue weighted by atomic mass is 9.92. The van der Waals surface area contributed by atoms with Crippen molar-refractivity contribution in [1.82, 2.24) is 10.6 Å². The Hall–Kier alpha value is -2.79. The molecule has 0 spiro atoms. The topological polar surface area (TPSA) is 67.4 Å². The first-order valence-corrected chi connectivity index (χ1v) is 8.59. The van der Waals surface area contributed by atoms with Gasteiger partial charge in [-0.1, -0.05) is 54.1 Å². The molecule has 134 valence electrons. The van der Waals surface area contributed by atoms with Gasteiger partial charge in [0, 0.05) is 16.3 Å². The van der Waals surface area contributed by atoms with Crippen molar-refractivity contribution in [2.45, 2.75) is 26.5 Å². The summed E-state index contributed by atoms with van der Waals surface area (Å²) < 4.78 is 5.47. The summed E-state index contributed by atoms with van der Waals surface area (Å²) >= 11 is 6.35. The Morgan fingerprint density at radius 2 is 1.85 bits per heavy atom. The molecular formula is C20H19ClN2O3. The van der Waals surface area contributed by atoms with E-state index in [1.807, 2.05) is 49.4 Å². The summed E-state index contributed by atoms with van der Waals surface area (Å²) in [5.74, 6) is -0.497. The molecule has 0 saturated heterocycles. The van der Waals surface area contributed by atoms with Crippen LogP contribution in [0.3, 0.4) is 0 Å². The summed E-state index contributed by atoms with van der Waals surface area (Å²) in [6.07, 6.45) is 0. The molecule has 1 aliphatic rings. The van der Waals surface area contributed by atoms with Crippen molar-refractivity contribution in [2.75, 3.05) is 0 Å². The van der Waals surface area contributed by atoms with E-state index in [1.165, 1.54) is 0 Å². The number of amides is 2. The number of aryl methyl sites for hydroxylation is 1. The largest absolute Gasteiger partial charge is 0.457 e. The van der Waals surface area contributed by atoms with E-state index in [0.717, 1.165) is 11.1 Å². The van der Waals surface area contributed by atoms with Crippen molar-refractivity contribution in [3.8, 4) is 0 Å². The lowest BCUT2D eigenvalue weighted by Gasteiger charge is -2.29. The van der Waals surface area contributed by atoms with E-state index in [0.29, 0.717) is 21.9 Å². The van der Waals surface area contributed by atoms with Crippen LogP contribution in [-0.2, 0) is 16.1 Å². The number of benzene rings is 2. The molecule has 1 atom stereocenters. The van der Waals surface area contributed by atoms with Gasteiger partial charge in [0.1, 0.15) is 6.61 Å². The molecule has 1 unspecified atom stereocenters. The number of carbonyl (C=O) groups is 2. The number of halogens is 1. The van der Waals surface area contributed by atoms with Crippen molar-refractivity contribution < 1.29 is 14.3 Å². The highest BCUT2D eigenvalue weighted by Crippen LogP contribution is 2.34. The molecular weight excluding hydrogens is 352 g/mol. The van der Waals surface area contributed by atoms with Crippen molar-refractivity contribution in [3.05, 3.63) is 81.5 Å². The third-order valence-corrected chi connectivity index (χ3v) is 4.59. The molecule has 0 bridgehead atoms. The molecule has 26 heavy (non-hydrogen) atoms. The first-order chi connectivity index (χ1) is 12.5. The molecule has 1 heterocycles. The first kappa shape index (κ1) is 18.0. The average molecular weight is 371 g/mol. The summed E-state index contributed by atoms with van der Waals surface area (Å²) in [6.45, 7) is 3.72. The minimum Gasteiger partial charge on any atom is -0.457 e. The van der Waals surface area contributed by atoms with Crippen LogP contribution in [0.1, 0.15) is 29.7 Å². The molecule has 1 aliphatic heterocycles. The Morgan fingerprint density at radius 3 is 2.54 bits per heavy atom. The van der Waals surface area contributed by atoms with Gasteiger partial charge in [-0.3, -0.25) is 0 Å². The van der Waals surface area contributed by atoms with Gasteiger partial charge in [0.25, 0.3) is 0 Å². The second kappa shape index (κ2) is 7.62. The Balaban J connectivity index is 1.92. The fourth-order valence-corrected chi connectivity index (χ4v) is 3.32. The number of hydrogen-bond donors (Lipinski definition) is 2. The molecule has 0 radical (unpaired) electrons. The van der Waals surface area contributed by atoms with E-state index in [2.05, 4.69) is 10.6 Å². The monoisotopic (exact) mass is 370 g/mol. The van der Waals surface area contributed by atoms with Gasteiger partial charge in [-0.05, 0) is 31.0 Å². The normalized spacial score (nSPS) is 16.7. The number of allylic oxidation sites excluding steroid dienone is 1. The van der Waals surface area contributed by atoms with Gasteiger partial charge >= 0.3 is 12.0 Å². The minimum absolute atomic E-state index is 0.151. The van der Waals surface area contributed by atoms with Crippen LogP contribution in [-0.4, -0.2) is 12.0 Å². The van der Waals surface area contributed by atoms with Crippen molar-refractivity contribution >= 4 is 23.6 Å². The maximum absolute atomic E-state index is 12.8. The minimum atomic E-state index is -0.666. The standard InChI is InChI=1S/C20H19ClN2O3/c1-12-7-6-10-15(21)16(12)18-17(13(2)22-20(25)23-18)19(24)26-11-14-8-4-3-5-9-14/h3-10,18H,11H2,1-2H3,(H2,22,23,25). The van der Waals surface area contributed by atoms with Crippen LogP contribution in [0.15, 0.2) is 59.8 Å². The van der Waals surface area contributed by atoms with Crippen LogP contribution in [0.25, 0.3) is 0 Å². The summed E-state index contributed by atoms with van der Waals surface area (Å²) in [7, 11) is 0. The maximum Gasteiger partial charge on any atom is 0.338 e. The number of carbonyl (C=O) groups excluding carboxylic acids is 2. The molecule has 2 aromatic rings. The van der Waals surface area contributed by atoms with E-state index in [9.17, 15) is 9.59 Å². The molecule has 2 amide bonds. The molecule has 0 saturated carbocycles. The second-order valence-electron chi connectivity index (χ2n) is 6.10. The van der Waals surface area contributed by atoms with Crippen LogP contribution < -0.4 is 10.6 Å². The summed E-state index contributed by atoms with van der Waals surface area (Å²) in [5.41, 5.74) is 3.26. The molecule has 0 fully saturated rings. The Kier molecular flexibility index (Phi) is 5.28. The lowest BCUT2D eigenvalue weighted by molar-refractivity contribution is -0.140. The summed E-state index contributed by atoms with van der Waals surface area (Å²) in [6, 6.07) is 13.8. The third-order valence-electron chi connectivity index (χ3n) is 4.26. The van der Waals surface area contributed by atoms with Crippen molar-refractivity contribution in [1.29, 1.82) is 0 Å². The zero-order chi connectivity index (χ0) is 18.7. The van der Waals surface area contributed by atoms with Crippen molar-refractivity contribution in [2.24, 2.45) is 0 Å². The van der Waals surface area contributed by atoms with E-state index < -0.39 is 12.0 Å². The van der Waals surface area contributed by atoms with Crippen LogP contribution in [0.5, 0.6) is 0 Å². The SMILES string of the molecule is CC1=C(C(=O)OCc2ccccc2)C(c2c(C)cccc2Cl)NC(=O)N1. The summed E-state index contributed by atoms with van der Waals surface area (Å²) in [5, 5.41) is 5.90. The molecule has 2 N–H and O–H groups in total. The van der Waals surface area contributed by atoms with Gasteiger partial charge in [0.05, 0.1) is 11.6 Å². The van der Waals surface area contributed by atoms with Gasteiger partial charge < -0.3 is 15.4 Å². The Morgan fingerprint density at radius 1 is 1.12 bits per heavy atom. The van der Waals surface area contributed by atoms with Crippen LogP contribution in [0, 0.1) is 6.92 Å². The predicted molar refractivity (Wildman–Crippen MR) is 99.5 cm³/mol. The Bertz CT molecular complexity index is 858. The van der Waals surface area contributed by atoms with Crippen LogP contribution in [0.2, 0.25) is 5.02 Å². The fourth-order valence-electron chi connectivity index (χ4n) is 2.99. The molecule has 2 aromatic carbocycles.